The molecule has 0 aliphatic heterocycles. The molecule has 0 fully saturated rings. The first kappa shape index (κ1) is 16.6. The van der Waals surface area contributed by atoms with Crippen LogP contribution in [0.15, 0.2) is 18.2 Å². The summed E-state index contributed by atoms with van der Waals surface area (Å²) in [5.41, 5.74) is 0.510. The Morgan fingerprint density at radius 1 is 1.30 bits per heavy atom. The van der Waals surface area contributed by atoms with Gasteiger partial charge in [-0.05, 0) is 24.6 Å². The van der Waals surface area contributed by atoms with Gasteiger partial charge in [-0.15, -0.1) is 0 Å². The van der Waals surface area contributed by atoms with E-state index < -0.39 is 12.0 Å². The number of carbonyl (C=O) groups is 2. The summed E-state index contributed by atoms with van der Waals surface area (Å²) in [6.45, 7) is 2.26. The van der Waals surface area contributed by atoms with Crippen molar-refractivity contribution in [2.24, 2.45) is 0 Å². The van der Waals surface area contributed by atoms with Crippen molar-refractivity contribution in [1.82, 2.24) is 4.90 Å². The third kappa shape index (κ3) is 4.90. The summed E-state index contributed by atoms with van der Waals surface area (Å²) in [5.74, 6) is -0.470. The number of hydrogen-bond donors (Lipinski definition) is 1. The molecule has 0 aliphatic carbocycles. The molecule has 1 aromatic rings. The number of anilines is 1. The summed E-state index contributed by atoms with van der Waals surface area (Å²) < 4.78 is 4.56. The molecule has 0 heterocycles. The smallest absolute Gasteiger partial charge is 0.325 e. The van der Waals surface area contributed by atoms with E-state index in [-0.39, 0.29) is 6.54 Å². The molecule has 110 valence electrons. The van der Waals surface area contributed by atoms with Gasteiger partial charge in [0, 0.05) is 12.2 Å². The number of nitrogens with zero attached hydrogens (tertiary/aromatic N) is 1. The van der Waals surface area contributed by atoms with E-state index >= 15 is 0 Å². The molecule has 20 heavy (non-hydrogen) atoms. The van der Waals surface area contributed by atoms with E-state index in [9.17, 15) is 9.59 Å². The second kappa shape index (κ2) is 7.97. The maximum atomic E-state index is 12.1. The van der Waals surface area contributed by atoms with Gasteiger partial charge in [0.25, 0.3) is 0 Å². The van der Waals surface area contributed by atoms with Crippen LogP contribution in [0.25, 0.3) is 0 Å². The zero-order valence-electron chi connectivity index (χ0n) is 11.3. The van der Waals surface area contributed by atoms with E-state index in [0.717, 1.165) is 6.42 Å². The third-order valence-electron chi connectivity index (χ3n) is 2.50. The van der Waals surface area contributed by atoms with Crippen LogP contribution in [0.5, 0.6) is 0 Å². The Morgan fingerprint density at radius 3 is 2.55 bits per heavy atom. The highest BCUT2D eigenvalue weighted by Gasteiger charge is 2.17. The number of nitrogens with one attached hydrogen (secondary N) is 1. The van der Waals surface area contributed by atoms with Crippen molar-refractivity contribution in [3.63, 3.8) is 0 Å². The Balaban J connectivity index is 2.74. The lowest BCUT2D eigenvalue weighted by Crippen LogP contribution is -2.39. The zero-order valence-corrected chi connectivity index (χ0v) is 12.8. The molecule has 0 spiro atoms. The van der Waals surface area contributed by atoms with Crippen molar-refractivity contribution in [2.75, 3.05) is 25.5 Å². The minimum Gasteiger partial charge on any atom is -0.468 e. The molecule has 1 rings (SSSR count). The Bertz CT molecular complexity index is 495. The van der Waals surface area contributed by atoms with E-state index in [4.69, 9.17) is 23.2 Å². The molecule has 0 atom stereocenters. The van der Waals surface area contributed by atoms with Crippen LogP contribution in [-0.4, -0.2) is 37.1 Å². The van der Waals surface area contributed by atoms with Crippen LogP contribution in [0.3, 0.4) is 0 Å². The van der Waals surface area contributed by atoms with Crippen molar-refractivity contribution in [1.29, 1.82) is 0 Å². The molecular weight excluding hydrogens is 303 g/mol. The van der Waals surface area contributed by atoms with Crippen LogP contribution in [-0.2, 0) is 9.53 Å². The lowest BCUT2D eigenvalue weighted by Gasteiger charge is -2.21. The maximum absolute atomic E-state index is 12.1. The van der Waals surface area contributed by atoms with Crippen molar-refractivity contribution in [3.8, 4) is 0 Å². The Kier molecular flexibility index (Phi) is 6.61. The van der Waals surface area contributed by atoms with Crippen LogP contribution >= 0.6 is 23.2 Å². The second-order valence-electron chi connectivity index (χ2n) is 4.06. The molecule has 0 aliphatic rings. The van der Waals surface area contributed by atoms with Crippen molar-refractivity contribution < 1.29 is 14.3 Å². The molecule has 1 N–H and O–H groups in total. The highest BCUT2D eigenvalue weighted by Crippen LogP contribution is 2.25. The van der Waals surface area contributed by atoms with Gasteiger partial charge in [0.15, 0.2) is 0 Å². The van der Waals surface area contributed by atoms with Crippen LogP contribution in [0, 0.1) is 0 Å². The number of ether oxygens (including phenoxy) is 1. The molecule has 0 aromatic heterocycles. The third-order valence-corrected chi connectivity index (χ3v) is 3.24. The summed E-state index contributed by atoms with van der Waals surface area (Å²) in [5, 5.41) is 3.41. The fourth-order valence-electron chi connectivity index (χ4n) is 1.52. The number of hydrogen-bond acceptors (Lipinski definition) is 3. The van der Waals surface area contributed by atoms with E-state index in [1.165, 1.54) is 12.0 Å². The number of benzene rings is 1. The molecule has 2 amide bonds. The van der Waals surface area contributed by atoms with Gasteiger partial charge in [0.2, 0.25) is 0 Å². The first-order chi connectivity index (χ1) is 9.47. The quantitative estimate of drug-likeness (QED) is 0.846. The van der Waals surface area contributed by atoms with Crippen LogP contribution < -0.4 is 5.32 Å². The van der Waals surface area contributed by atoms with E-state index in [2.05, 4.69) is 10.1 Å². The van der Waals surface area contributed by atoms with Gasteiger partial charge >= 0.3 is 12.0 Å². The SMILES string of the molecule is CCCN(CC(=O)OC)C(=O)Nc1ccc(Cl)c(Cl)c1. The highest BCUT2D eigenvalue weighted by atomic mass is 35.5. The number of carbonyl (C=O) groups excluding carboxylic acids is 2. The van der Waals surface area contributed by atoms with Gasteiger partial charge in [0.1, 0.15) is 6.54 Å². The molecule has 0 bridgehead atoms. The first-order valence-electron chi connectivity index (χ1n) is 6.05. The summed E-state index contributed by atoms with van der Waals surface area (Å²) in [7, 11) is 1.28. The lowest BCUT2D eigenvalue weighted by molar-refractivity contribution is -0.141. The fraction of sp³-hybridized carbons (Fsp3) is 0.385. The number of methoxy groups -OCH3 is 1. The minimum atomic E-state index is -0.470. The van der Waals surface area contributed by atoms with Crippen LogP contribution in [0.2, 0.25) is 10.0 Å². The van der Waals surface area contributed by atoms with Gasteiger partial charge in [-0.2, -0.15) is 0 Å². The van der Waals surface area contributed by atoms with Gasteiger partial charge in [-0.3, -0.25) is 4.79 Å². The summed E-state index contributed by atoms with van der Waals surface area (Å²) >= 11 is 11.7. The Morgan fingerprint density at radius 2 is 2.00 bits per heavy atom. The standard InChI is InChI=1S/C13H16Cl2N2O3/c1-3-6-17(8-12(18)20-2)13(19)16-9-4-5-10(14)11(15)7-9/h4-5,7H,3,6,8H2,1-2H3,(H,16,19). The number of amides is 2. The summed E-state index contributed by atoms with van der Waals surface area (Å²) in [6.07, 6.45) is 0.728. The Labute approximate surface area is 127 Å². The van der Waals surface area contributed by atoms with Gasteiger partial charge in [-0.25, -0.2) is 4.79 Å². The molecule has 0 saturated heterocycles. The molecular formula is C13H16Cl2N2O3. The molecule has 0 unspecified atom stereocenters. The lowest BCUT2D eigenvalue weighted by atomic mass is 10.3. The first-order valence-corrected chi connectivity index (χ1v) is 6.81. The molecule has 0 saturated carbocycles. The molecule has 0 radical (unpaired) electrons. The van der Waals surface area contributed by atoms with Crippen molar-refractivity contribution >= 4 is 40.9 Å². The maximum Gasteiger partial charge on any atom is 0.325 e. The van der Waals surface area contributed by atoms with Crippen molar-refractivity contribution in [2.45, 2.75) is 13.3 Å². The summed E-state index contributed by atoms with van der Waals surface area (Å²) in [6, 6.07) is 4.37. The van der Waals surface area contributed by atoms with E-state index in [0.29, 0.717) is 22.3 Å². The average molecular weight is 319 g/mol. The number of urea groups is 1. The van der Waals surface area contributed by atoms with Crippen LogP contribution in [0.4, 0.5) is 10.5 Å². The second-order valence-corrected chi connectivity index (χ2v) is 4.87. The normalized spacial score (nSPS) is 10.0. The summed E-state index contributed by atoms with van der Waals surface area (Å²) in [4.78, 5) is 24.7. The van der Waals surface area contributed by atoms with Crippen LogP contribution in [0.1, 0.15) is 13.3 Å². The average Bonchev–Trinajstić information content (AvgIpc) is 2.42. The number of halogens is 2. The van der Waals surface area contributed by atoms with Gasteiger partial charge in [0.05, 0.1) is 17.2 Å². The number of rotatable bonds is 5. The van der Waals surface area contributed by atoms with Crippen molar-refractivity contribution in [3.05, 3.63) is 28.2 Å². The predicted molar refractivity (Wildman–Crippen MR) is 79.4 cm³/mol. The minimum absolute atomic E-state index is 0.0997. The van der Waals surface area contributed by atoms with E-state index in [1.807, 2.05) is 6.92 Å². The van der Waals surface area contributed by atoms with Gasteiger partial charge < -0.3 is 15.0 Å². The molecule has 1 aromatic carbocycles. The monoisotopic (exact) mass is 318 g/mol. The fourth-order valence-corrected chi connectivity index (χ4v) is 1.82. The zero-order chi connectivity index (χ0) is 15.1. The largest absolute Gasteiger partial charge is 0.468 e. The molecule has 5 nitrogen and oxygen atoms in total. The Hall–Kier alpha value is -1.46. The molecule has 7 heteroatoms. The highest BCUT2D eigenvalue weighted by molar-refractivity contribution is 6.42. The number of esters is 1. The van der Waals surface area contributed by atoms with E-state index in [1.54, 1.807) is 18.2 Å². The predicted octanol–water partition coefficient (Wildman–Crippen LogP) is 3.41. The topological polar surface area (TPSA) is 58.6 Å². The van der Waals surface area contributed by atoms with Gasteiger partial charge in [-0.1, -0.05) is 30.1 Å².